The topological polar surface area (TPSA) is 67.6 Å². The maximum atomic E-state index is 11.5. The van der Waals surface area contributed by atoms with Crippen molar-refractivity contribution >= 4 is 5.91 Å². The molecule has 1 saturated heterocycles. The molecule has 20 heavy (non-hydrogen) atoms. The van der Waals surface area contributed by atoms with Gasteiger partial charge in [0.15, 0.2) is 0 Å². The Morgan fingerprint density at radius 3 is 2.95 bits per heavy atom. The molecule has 1 amide bonds. The lowest BCUT2D eigenvalue weighted by atomic mass is 10.0. The quantitative estimate of drug-likeness (QED) is 0.496. The minimum absolute atomic E-state index is 0.135. The summed E-state index contributed by atoms with van der Waals surface area (Å²) in [7, 11) is 0. The van der Waals surface area contributed by atoms with Crippen LogP contribution in [-0.2, 0) is 11.3 Å². The van der Waals surface area contributed by atoms with Crippen LogP contribution in [0.15, 0.2) is 24.3 Å². The molecule has 1 heterocycles. The maximum absolute atomic E-state index is 11.5. The molecular weight excluding hydrogens is 254 g/mol. The molecule has 0 spiro atoms. The van der Waals surface area contributed by atoms with E-state index in [1.807, 2.05) is 18.2 Å². The van der Waals surface area contributed by atoms with Gasteiger partial charge in [0.25, 0.3) is 5.91 Å². The van der Waals surface area contributed by atoms with E-state index in [2.05, 4.69) is 31.1 Å². The largest absolute Gasteiger partial charge is 0.370 e. The highest BCUT2D eigenvalue weighted by Crippen LogP contribution is 2.22. The van der Waals surface area contributed by atoms with E-state index < -0.39 is 0 Å². The Hall–Kier alpha value is -1.43. The standard InChI is InChI=1S/C15H23N3O2/c1-11-8-18(10-15(2,3)20-11)9-12-5-4-6-13(7-12)14(19)17-16/h4-7,11H,8-10,16H2,1-3H3,(H,17,19). The van der Waals surface area contributed by atoms with E-state index in [1.54, 1.807) is 6.07 Å². The van der Waals surface area contributed by atoms with Crippen LogP contribution >= 0.6 is 0 Å². The Bertz CT molecular complexity index is 488. The highest BCUT2D eigenvalue weighted by Gasteiger charge is 2.31. The second kappa shape index (κ2) is 5.91. The van der Waals surface area contributed by atoms with E-state index in [-0.39, 0.29) is 17.6 Å². The van der Waals surface area contributed by atoms with E-state index >= 15 is 0 Å². The Labute approximate surface area is 120 Å². The molecule has 1 fully saturated rings. The van der Waals surface area contributed by atoms with Gasteiger partial charge in [0, 0.05) is 25.2 Å². The Kier molecular flexibility index (Phi) is 4.42. The number of ether oxygens (including phenoxy) is 1. The summed E-state index contributed by atoms with van der Waals surface area (Å²) < 4.78 is 5.90. The lowest BCUT2D eigenvalue weighted by molar-refractivity contribution is -0.130. The van der Waals surface area contributed by atoms with Crippen LogP contribution in [0.4, 0.5) is 0 Å². The fraction of sp³-hybridized carbons (Fsp3) is 0.533. The Morgan fingerprint density at radius 1 is 1.55 bits per heavy atom. The van der Waals surface area contributed by atoms with E-state index in [0.29, 0.717) is 5.56 Å². The van der Waals surface area contributed by atoms with E-state index in [4.69, 9.17) is 10.6 Å². The van der Waals surface area contributed by atoms with Gasteiger partial charge >= 0.3 is 0 Å². The molecule has 1 aliphatic rings. The molecule has 1 aliphatic heterocycles. The number of hydrogen-bond donors (Lipinski definition) is 2. The zero-order valence-corrected chi connectivity index (χ0v) is 12.3. The zero-order chi connectivity index (χ0) is 14.8. The molecular formula is C15H23N3O2. The first-order valence-electron chi connectivity index (χ1n) is 6.90. The minimum atomic E-state index is -0.262. The molecule has 110 valence electrons. The summed E-state index contributed by atoms with van der Waals surface area (Å²) in [4.78, 5) is 13.9. The molecule has 0 bridgehead atoms. The highest BCUT2D eigenvalue weighted by molar-refractivity contribution is 5.93. The van der Waals surface area contributed by atoms with Crippen molar-refractivity contribution < 1.29 is 9.53 Å². The van der Waals surface area contributed by atoms with Crippen LogP contribution in [0.1, 0.15) is 36.7 Å². The van der Waals surface area contributed by atoms with Gasteiger partial charge in [0.2, 0.25) is 0 Å². The molecule has 3 N–H and O–H groups in total. The number of nitrogens with one attached hydrogen (secondary N) is 1. The number of rotatable bonds is 3. The van der Waals surface area contributed by atoms with Gasteiger partial charge in [-0.3, -0.25) is 15.1 Å². The van der Waals surface area contributed by atoms with Crippen molar-refractivity contribution in [1.29, 1.82) is 0 Å². The number of hydrazine groups is 1. The normalized spacial score (nSPS) is 22.5. The van der Waals surface area contributed by atoms with E-state index in [0.717, 1.165) is 25.2 Å². The van der Waals surface area contributed by atoms with Gasteiger partial charge in [-0.25, -0.2) is 5.84 Å². The van der Waals surface area contributed by atoms with Crippen molar-refractivity contribution in [2.45, 2.75) is 39.0 Å². The van der Waals surface area contributed by atoms with E-state index in [1.165, 1.54) is 0 Å². The third-order valence-electron chi connectivity index (χ3n) is 3.37. The maximum Gasteiger partial charge on any atom is 0.265 e. The summed E-state index contributed by atoms with van der Waals surface area (Å²) in [6.07, 6.45) is 0.217. The summed E-state index contributed by atoms with van der Waals surface area (Å²) in [5, 5.41) is 0. The van der Waals surface area contributed by atoms with Gasteiger partial charge in [0.05, 0.1) is 11.7 Å². The predicted molar refractivity (Wildman–Crippen MR) is 78.0 cm³/mol. The SMILES string of the molecule is CC1CN(Cc2cccc(C(=O)NN)c2)CC(C)(C)O1. The first-order valence-corrected chi connectivity index (χ1v) is 6.90. The highest BCUT2D eigenvalue weighted by atomic mass is 16.5. The Morgan fingerprint density at radius 2 is 2.30 bits per heavy atom. The van der Waals surface area contributed by atoms with Crippen LogP contribution in [0.2, 0.25) is 0 Å². The molecule has 1 aromatic carbocycles. The van der Waals surface area contributed by atoms with Crippen LogP contribution < -0.4 is 11.3 Å². The van der Waals surface area contributed by atoms with Crippen molar-refractivity contribution in [1.82, 2.24) is 10.3 Å². The molecule has 1 unspecified atom stereocenters. The number of nitrogens with zero attached hydrogens (tertiary/aromatic N) is 1. The summed E-state index contributed by atoms with van der Waals surface area (Å²) in [6.45, 7) is 8.89. The molecule has 0 saturated carbocycles. The van der Waals surface area contributed by atoms with Crippen LogP contribution in [0.3, 0.4) is 0 Å². The van der Waals surface area contributed by atoms with E-state index in [9.17, 15) is 4.79 Å². The molecule has 0 aromatic heterocycles. The van der Waals surface area contributed by atoms with Crippen molar-refractivity contribution in [2.24, 2.45) is 5.84 Å². The molecule has 5 heteroatoms. The number of carbonyl (C=O) groups excluding carboxylic acids is 1. The van der Waals surface area contributed by atoms with Gasteiger partial charge in [-0.15, -0.1) is 0 Å². The van der Waals surface area contributed by atoms with Crippen molar-refractivity contribution in [2.75, 3.05) is 13.1 Å². The number of amides is 1. The minimum Gasteiger partial charge on any atom is -0.370 e. The fourth-order valence-corrected chi connectivity index (χ4v) is 2.86. The smallest absolute Gasteiger partial charge is 0.265 e. The zero-order valence-electron chi connectivity index (χ0n) is 12.3. The predicted octanol–water partition coefficient (Wildman–Crippen LogP) is 1.29. The number of nitrogen functional groups attached to an aromatic ring is 1. The van der Waals surface area contributed by atoms with Gasteiger partial charge in [-0.1, -0.05) is 12.1 Å². The van der Waals surface area contributed by atoms with Crippen molar-refractivity contribution in [3.63, 3.8) is 0 Å². The van der Waals surface area contributed by atoms with Gasteiger partial charge in [0.1, 0.15) is 0 Å². The van der Waals surface area contributed by atoms with Gasteiger partial charge < -0.3 is 4.74 Å². The molecule has 5 nitrogen and oxygen atoms in total. The third-order valence-corrected chi connectivity index (χ3v) is 3.37. The molecule has 2 rings (SSSR count). The number of hydrogen-bond acceptors (Lipinski definition) is 4. The van der Waals surface area contributed by atoms with Gasteiger partial charge in [-0.2, -0.15) is 0 Å². The average Bonchev–Trinajstić information content (AvgIpc) is 2.35. The second-order valence-electron chi connectivity index (χ2n) is 6.03. The molecule has 1 atom stereocenters. The first kappa shape index (κ1) is 15.0. The van der Waals surface area contributed by atoms with Crippen LogP contribution in [0.25, 0.3) is 0 Å². The van der Waals surface area contributed by atoms with Crippen LogP contribution in [0.5, 0.6) is 0 Å². The van der Waals surface area contributed by atoms with Crippen molar-refractivity contribution in [3.8, 4) is 0 Å². The Balaban J connectivity index is 2.08. The first-order chi connectivity index (χ1) is 9.39. The summed E-state index contributed by atoms with van der Waals surface area (Å²) in [5.41, 5.74) is 3.72. The lowest BCUT2D eigenvalue weighted by Crippen LogP contribution is -2.51. The van der Waals surface area contributed by atoms with Gasteiger partial charge in [-0.05, 0) is 38.5 Å². The number of carbonyl (C=O) groups is 1. The monoisotopic (exact) mass is 277 g/mol. The number of nitrogens with two attached hydrogens (primary N) is 1. The van der Waals surface area contributed by atoms with Crippen LogP contribution in [0, 0.1) is 0 Å². The number of morpholine rings is 1. The summed E-state index contributed by atoms with van der Waals surface area (Å²) in [6, 6.07) is 7.56. The average molecular weight is 277 g/mol. The molecule has 0 radical (unpaired) electrons. The number of benzene rings is 1. The molecule has 1 aromatic rings. The second-order valence-corrected chi connectivity index (χ2v) is 6.03. The summed E-state index contributed by atoms with van der Waals surface area (Å²) >= 11 is 0. The fourth-order valence-electron chi connectivity index (χ4n) is 2.86. The van der Waals surface area contributed by atoms with Crippen molar-refractivity contribution in [3.05, 3.63) is 35.4 Å². The lowest BCUT2D eigenvalue weighted by Gasteiger charge is -2.41. The summed E-state index contributed by atoms with van der Waals surface area (Å²) in [5.74, 6) is 4.90. The molecule has 0 aliphatic carbocycles. The third kappa shape index (κ3) is 3.79. The van der Waals surface area contributed by atoms with Crippen LogP contribution in [-0.4, -0.2) is 35.6 Å².